The van der Waals surface area contributed by atoms with Crippen molar-refractivity contribution in [1.82, 2.24) is 4.90 Å². The summed E-state index contributed by atoms with van der Waals surface area (Å²) in [4.78, 5) is 17.2. The summed E-state index contributed by atoms with van der Waals surface area (Å²) in [7, 11) is 0. The molecular formula is C18H26N2O2. The molecule has 2 aliphatic rings. The van der Waals surface area contributed by atoms with E-state index in [9.17, 15) is 9.90 Å². The number of amides is 1. The van der Waals surface area contributed by atoms with Crippen molar-refractivity contribution < 1.29 is 9.90 Å². The monoisotopic (exact) mass is 302 g/mol. The van der Waals surface area contributed by atoms with E-state index in [4.69, 9.17) is 0 Å². The maximum atomic E-state index is 12.9. The second-order valence-corrected chi connectivity index (χ2v) is 6.65. The van der Waals surface area contributed by atoms with Crippen LogP contribution in [0.4, 0.5) is 5.69 Å². The van der Waals surface area contributed by atoms with Crippen LogP contribution in [0.5, 0.6) is 0 Å². The molecule has 22 heavy (non-hydrogen) atoms. The summed E-state index contributed by atoms with van der Waals surface area (Å²) in [6, 6.07) is 8.26. The molecule has 0 unspecified atom stereocenters. The summed E-state index contributed by atoms with van der Waals surface area (Å²) in [6.07, 6.45) is 4.03. The third-order valence-electron chi connectivity index (χ3n) is 5.10. The maximum Gasteiger partial charge on any atom is 0.244 e. The fourth-order valence-electron chi connectivity index (χ4n) is 3.62. The largest absolute Gasteiger partial charge is 0.396 e. The standard InChI is InChI=1S/C18H26N2O2/c1-14-4-6-16(7-5-14)20-10-2-3-17(18(20)22)19-11-8-15(13-21)9-12-19/h4-7,15,17,21H,2-3,8-13H2,1H3/t17-/m1/s1. The fourth-order valence-corrected chi connectivity index (χ4v) is 3.62. The van der Waals surface area contributed by atoms with Gasteiger partial charge in [-0.25, -0.2) is 0 Å². The molecule has 4 nitrogen and oxygen atoms in total. The van der Waals surface area contributed by atoms with E-state index in [1.807, 2.05) is 17.0 Å². The van der Waals surface area contributed by atoms with Gasteiger partial charge in [0.1, 0.15) is 0 Å². The van der Waals surface area contributed by atoms with Gasteiger partial charge in [0, 0.05) is 18.8 Å². The number of likely N-dealkylation sites (tertiary alicyclic amines) is 1. The van der Waals surface area contributed by atoms with Crippen molar-refractivity contribution >= 4 is 11.6 Å². The zero-order chi connectivity index (χ0) is 15.5. The van der Waals surface area contributed by atoms with Crippen LogP contribution in [0.1, 0.15) is 31.2 Å². The Balaban J connectivity index is 1.69. The molecule has 0 aliphatic carbocycles. The smallest absolute Gasteiger partial charge is 0.244 e. The second-order valence-electron chi connectivity index (χ2n) is 6.65. The molecule has 4 heteroatoms. The Labute approximate surface area is 132 Å². The van der Waals surface area contributed by atoms with Crippen molar-refractivity contribution in [1.29, 1.82) is 0 Å². The van der Waals surface area contributed by atoms with Gasteiger partial charge in [0.2, 0.25) is 5.91 Å². The Kier molecular flexibility index (Phi) is 4.79. The van der Waals surface area contributed by atoms with Gasteiger partial charge in [-0.1, -0.05) is 17.7 Å². The molecule has 2 saturated heterocycles. The normalized spacial score (nSPS) is 24.7. The lowest BCUT2D eigenvalue weighted by molar-refractivity contribution is -0.126. The Morgan fingerprint density at radius 1 is 1.09 bits per heavy atom. The first-order valence-electron chi connectivity index (χ1n) is 8.42. The highest BCUT2D eigenvalue weighted by molar-refractivity contribution is 5.97. The molecular weight excluding hydrogens is 276 g/mol. The highest BCUT2D eigenvalue weighted by Gasteiger charge is 2.35. The van der Waals surface area contributed by atoms with Crippen molar-refractivity contribution in [2.75, 3.05) is 31.1 Å². The number of benzene rings is 1. The molecule has 3 rings (SSSR count). The molecule has 2 heterocycles. The van der Waals surface area contributed by atoms with Crippen LogP contribution in [0.3, 0.4) is 0 Å². The number of carbonyl (C=O) groups is 1. The number of rotatable bonds is 3. The van der Waals surface area contributed by atoms with E-state index < -0.39 is 0 Å². The molecule has 1 N–H and O–H groups in total. The van der Waals surface area contributed by atoms with Crippen LogP contribution in [-0.4, -0.2) is 48.2 Å². The molecule has 2 fully saturated rings. The quantitative estimate of drug-likeness (QED) is 0.931. The van der Waals surface area contributed by atoms with E-state index in [1.54, 1.807) is 0 Å². The number of aryl methyl sites for hydroxylation is 1. The van der Waals surface area contributed by atoms with E-state index in [0.717, 1.165) is 51.0 Å². The second kappa shape index (κ2) is 6.80. The zero-order valence-electron chi connectivity index (χ0n) is 13.4. The molecule has 0 aromatic heterocycles. The van der Waals surface area contributed by atoms with E-state index >= 15 is 0 Å². The molecule has 0 spiro atoms. The van der Waals surface area contributed by atoms with Gasteiger partial charge in [-0.3, -0.25) is 9.69 Å². The number of hydrogen-bond donors (Lipinski definition) is 1. The highest BCUT2D eigenvalue weighted by atomic mass is 16.3. The average molecular weight is 302 g/mol. The highest BCUT2D eigenvalue weighted by Crippen LogP contribution is 2.27. The van der Waals surface area contributed by atoms with Gasteiger partial charge in [0.05, 0.1) is 6.04 Å². The third-order valence-corrected chi connectivity index (χ3v) is 5.10. The number of hydrogen-bond acceptors (Lipinski definition) is 3. The minimum Gasteiger partial charge on any atom is -0.396 e. The van der Waals surface area contributed by atoms with Crippen LogP contribution in [0.15, 0.2) is 24.3 Å². The van der Waals surface area contributed by atoms with Crippen molar-refractivity contribution in [3.8, 4) is 0 Å². The first-order chi connectivity index (χ1) is 10.7. The van der Waals surface area contributed by atoms with Crippen LogP contribution in [0, 0.1) is 12.8 Å². The molecule has 2 aliphatic heterocycles. The summed E-state index contributed by atoms with van der Waals surface area (Å²) in [6.45, 7) is 5.04. The molecule has 1 aromatic rings. The van der Waals surface area contributed by atoms with Gasteiger partial charge in [0.15, 0.2) is 0 Å². The Morgan fingerprint density at radius 2 is 1.77 bits per heavy atom. The van der Waals surface area contributed by atoms with Gasteiger partial charge < -0.3 is 10.0 Å². The van der Waals surface area contributed by atoms with E-state index in [0.29, 0.717) is 5.92 Å². The number of piperidine rings is 2. The summed E-state index contributed by atoms with van der Waals surface area (Å²) < 4.78 is 0. The van der Waals surface area contributed by atoms with Gasteiger partial charge in [-0.15, -0.1) is 0 Å². The minimum atomic E-state index is 0.0229. The van der Waals surface area contributed by atoms with Crippen molar-refractivity contribution in [3.63, 3.8) is 0 Å². The lowest BCUT2D eigenvalue weighted by Crippen LogP contribution is -2.54. The van der Waals surface area contributed by atoms with E-state index in [1.165, 1.54) is 5.56 Å². The van der Waals surface area contributed by atoms with Gasteiger partial charge >= 0.3 is 0 Å². The number of aliphatic hydroxyl groups is 1. The lowest BCUT2D eigenvalue weighted by atomic mass is 9.94. The molecule has 0 bridgehead atoms. The molecule has 120 valence electrons. The first kappa shape index (κ1) is 15.5. The Bertz CT molecular complexity index is 506. The van der Waals surface area contributed by atoms with Crippen LogP contribution in [-0.2, 0) is 4.79 Å². The lowest BCUT2D eigenvalue weighted by Gasteiger charge is -2.41. The van der Waals surface area contributed by atoms with Gasteiger partial charge in [-0.2, -0.15) is 0 Å². The molecule has 1 aromatic carbocycles. The maximum absolute atomic E-state index is 12.9. The number of anilines is 1. The predicted octanol–water partition coefficient (Wildman–Crippen LogP) is 2.19. The minimum absolute atomic E-state index is 0.0229. The van der Waals surface area contributed by atoms with Crippen molar-refractivity contribution in [2.24, 2.45) is 5.92 Å². The third kappa shape index (κ3) is 3.18. The summed E-state index contributed by atoms with van der Waals surface area (Å²) in [5, 5.41) is 9.26. The predicted molar refractivity (Wildman–Crippen MR) is 87.9 cm³/mol. The van der Waals surface area contributed by atoms with E-state index in [-0.39, 0.29) is 18.6 Å². The Hall–Kier alpha value is -1.39. The summed E-state index contributed by atoms with van der Waals surface area (Å²) in [5.74, 6) is 0.667. The van der Waals surface area contributed by atoms with E-state index in [2.05, 4.69) is 24.0 Å². The number of nitrogens with zero attached hydrogens (tertiary/aromatic N) is 2. The molecule has 1 atom stereocenters. The summed E-state index contributed by atoms with van der Waals surface area (Å²) >= 11 is 0. The zero-order valence-corrected chi connectivity index (χ0v) is 13.4. The first-order valence-corrected chi connectivity index (χ1v) is 8.42. The average Bonchev–Trinajstić information content (AvgIpc) is 2.56. The number of carbonyl (C=O) groups excluding carboxylic acids is 1. The van der Waals surface area contributed by atoms with Crippen LogP contribution in [0.2, 0.25) is 0 Å². The SMILES string of the molecule is Cc1ccc(N2CCC[C@@H](N3CCC(CO)CC3)C2=O)cc1. The van der Waals surface area contributed by atoms with Crippen LogP contribution in [0.25, 0.3) is 0 Å². The molecule has 1 amide bonds. The van der Waals surface area contributed by atoms with Crippen molar-refractivity contribution in [3.05, 3.63) is 29.8 Å². The fraction of sp³-hybridized carbons (Fsp3) is 0.611. The van der Waals surface area contributed by atoms with Crippen LogP contribution < -0.4 is 4.90 Å². The topological polar surface area (TPSA) is 43.8 Å². The Morgan fingerprint density at radius 3 is 2.41 bits per heavy atom. The summed E-state index contributed by atoms with van der Waals surface area (Å²) in [5.41, 5.74) is 2.24. The van der Waals surface area contributed by atoms with Crippen molar-refractivity contribution in [2.45, 2.75) is 38.6 Å². The molecule has 0 radical (unpaired) electrons. The molecule has 0 saturated carbocycles. The van der Waals surface area contributed by atoms with Crippen LogP contribution >= 0.6 is 0 Å². The van der Waals surface area contributed by atoms with Gasteiger partial charge in [-0.05, 0) is 63.7 Å². The van der Waals surface area contributed by atoms with Gasteiger partial charge in [0.25, 0.3) is 0 Å². The number of aliphatic hydroxyl groups excluding tert-OH is 1.